The van der Waals surface area contributed by atoms with Crippen LogP contribution >= 0.6 is 0 Å². The highest BCUT2D eigenvalue weighted by Gasteiger charge is 2.22. The molecule has 1 fully saturated rings. The summed E-state index contributed by atoms with van der Waals surface area (Å²) >= 11 is 0. The van der Waals surface area contributed by atoms with E-state index in [1.54, 1.807) is 0 Å². The zero-order valence-corrected chi connectivity index (χ0v) is 13.4. The average Bonchev–Trinajstić information content (AvgIpc) is 3.10. The molecule has 0 radical (unpaired) electrons. The van der Waals surface area contributed by atoms with E-state index >= 15 is 0 Å². The fourth-order valence-corrected chi connectivity index (χ4v) is 2.78. The third-order valence-electron chi connectivity index (χ3n) is 4.24. The number of carbonyl (C=O) groups is 1. The summed E-state index contributed by atoms with van der Waals surface area (Å²) in [4.78, 5) is 18.6. The van der Waals surface area contributed by atoms with Gasteiger partial charge < -0.3 is 14.7 Å². The first-order valence-electron chi connectivity index (χ1n) is 8.17. The van der Waals surface area contributed by atoms with Crippen LogP contribution in [0.3, 0.4) is 0 Å². The number of aryl methyl sites for hydroxylation is 1. The van der Waals surface area contributed by atoms with E-state index in [1.165, 1.54) is 0 Å². The molecule has 1 amide bonds. The lowest BCUT2D eigenvalue weighted by atomic mass is 9.97. The SMILES string of the molecule is CCc1nc(N2CCC(CNC(=O)c3ccccc3)CC2)no1. The summed E-state index contributed by atoms with van der Waals surface area (Å²) in [6.07, 6.45) is 2.80. The molecule has 0 atom stereocenters. The van der Waals surface area contributed by atoms with Gasteiger partial charge in [-0.25, -0.2) is 0 Å². The van der Waals surface area contributed by atoms with Crippen LogP contribution in [0.4, 0.5) is 5.95 Å². The molecule has 0 bridgehead atoms. The van der Waals surface area contributed by atoms with Gasteiger partial charge in [-0.15, -0.1) is 0 Å². The maximum atomic E-state index is 12.1. The fourth-order valence-electron chi connectivity index (χ4n) is 2.78. The molecule has 3 rings (SSSR count). The predicted molar refractivity (Wildman–Crippen MR) is 87.4 cm³/mol. The van der Waals surface area contributed by atoms with Gasteiger partial charge in [-0.1, -0.05) is 25.1 Å². The van der Waals surface area contributed by atoms with Crippen LogP contribution < -0.4 is 10.2 Å². The van der Waals surface area contributed by atoms with Crippen molar-refractivity contribution in [3.8, 4) is 0 Å². The van der Waals surface area contributed by atoms with E-state index in [9.17, 15) is 4.79 Å². The Hall–Kier alpha value is -2.37. The van der Waals surface area contributed by atoms with Gasteiger partial charge in [0.15, 0.2) is 0 Å². The zero-order valence-electron chi connectivity index (χ0n) is 13.4. The molecule has 1 aliphatic heterocycles. The quantitative estimate of drug-likeness (QED) is 0.916. The van der Waals surface area contributed by atoms with Crippen LogP contribution in [-0.4, -0.2) is 35.7 Å². The monoisotopic (exact) mass is 314 g/mol. The molecule has 6 heteroatoms. The Morgan fingerprint density at radius 1 is 1.30 bits per heavy atom. The van der Waals surface area contributed by atoms with Gasteiger partial charge in [-0.05, 0) is 36.0 Å². The highest BCUT2D eigenvalue weighted by atomic mass is 16.5. The standard InChI is InChI=1S/C17H22N4O2/c1-2-15-19-17(20-23-15)21-10-8-13(9-11-21)12-18-16(22)14-6-4-3-5-7-14/h3-7,13H,2,8-12H2,1H3,(H,18,22). The van der Waals surface area contributed by atoms with Gasteiger partial charge in [0.05, 0.1) is 0 Å². The van der Waals surface area contributed by atoms with E-state index in [4.69, 9.17) is 4.52 Å². The number of anilines is 1. The van der Waals surface area contributed by atoms with Crippen LogP contribution in [0.2, 0.25) is 0 Å². The first-order valence-corrected chi connectivity index (χ1v) is 8.17. The molecule has 2 heterocycles. The van der Waals surface area contributed by atoms with Crippen molar-refractivity contribution in [3.05, 3.63) is 41.8 Å². The van der Waals surface area contributed by atoms with Crippen molar-refractivity contribution in [3.63, 3.8) is 0 Å². The summed E-state index contributed by atoms with van der Waals surface area (Å²) in [7, 11) is 0. The van der Waals surface area contributed by atoms with Crippen molar-refractivity contribution in [2.45, 2.75) is 26.2 Å². The van der Waals surface area contributed by atoms with Crippen molar-refractivity contribution >= 4 is 11.9 Å². The molecule has 6 nitrogen and oxygen atoms in total. The number of piperidine rings is 1. The second-order valence-electron chi connectivity index (χ2n) is 5.85. The van der Waals surface area contributed by atoms with Crippen LogP contribution in [-0.2, 0) is 6.42 Å². The molecule has 23 heavy (non-hydrogen) atoms. The van der Waals surface area contributed by atoms with E-state index in [1.807, 2.05) is 37.3 Å². The van der Waals surface area contributed by atoms with Gasteiger partial charge >= 0.3 is 0 Å². The van der Waals surface area contributed by atoms with E-state index in [0.717, 1.165) is 32.4 Å². The van der Waals surface area contributed by atoms with Crippen molar-refractivity contribution in [1.29, 1.82) is 0 Å². The Labute approximate surface area is 135 Å². The molecule has 0 aliphatic carbocycles. The summed E-state index contributed by atoms with van der Waals surface area (Å²) < 4.78 is 5.16. The number of benzene rings is 1. The Kier molecular flexibility index (Phi) is 4.90. The molecular weight excluding hydrogens is 292 g/mol. The van der Waals surface area contributed by atoms with Crippen LogP contribution in [0, 0.1) is 5.92 Å². The number of carbonyl (C=O) groups excluding carboxylic acids is 1. The number of aromatic nitrogens is 2. The number of hydrogen-bond acceptors (Lipinski definition) is 5. The zero-order chi connectivity index (χ0) is 16.1. The van der Waals surface area contributed by atoms with Crippen LogP contribution in [0.5, 0.6) is 0 Å². The molecular formula is C17H22N4O2. The molecule has 1 N–H and O–H groups in total. The maximum absolute atomic E-state index is 12.1. The predicted octanol–water partition coefficient (Wildman–Crippen LogP) is 2.28. The fraction of sp³-hybridized carbons (Fsp3) is 0.471. The number of nitrogens with zero attached hydrogens (tertiary/aromatic N) is 3. The molecule has 2 aromatic rings. The topological polar surface area (TPSA) is 71.3 Å². The van der Waals surface area contributed by atoms with Gasteiger partial charge in [0.25, 0.3) is 11.9 Å². The van der Waals surface area contributed by atoms with Crippen molar-refractivity contribution in [2.24, 2.45) is 5.92 Å². The van der Waals surface area contributed by atoms with E-state index in [2.05, 4.69) is 20.4 Å². The van der Waals surface area contributed by atoms with E-state index in [-0.39, 0.29) is 5.91 Å². The van der Waals surface area contributed by atoms with Crippen molar-refractivity contribution in [2.75, 3.05) is 24.5 Å². The summed E-state index contributed by atoms with van der Waals surface area (Å²) in [5.41, 5.74) is 0.712. The molecule has 122 valence electrons. The van der Waals surface area contributed by atoms with Gasteiger partial charge in [0, 0.05) is 31.6 Å². The minimum atomic E-state index is -0.00112. The minimum absolute atomic E-state index is 0.00112. The normalized spacial score (nSPS) is 15.6. The summed E-state index contributed by atoms with van der Waals surface area (Å²) in [5, 5.41) is 7.05. The third kappa shape index (κ3) is 3.88. The molecule has 1 saturated heterocycles. The largest absolute Gasteiger partial charge is 0.352 e. The Morgan fingerprint density at radius 2 is 2.04 bits per heavy atom. The number of amides is 1. The average molecular weight is 314 g/mol. The minimum Gasteiger partial charge on any atom is -0.352 e. The van der Waals surface area contributed by atoms with Gasteiger partial charge in [-0.3, -0.25) is 4.79 Å². The van der Waals surface area contributed by atoms with Crippen LogP contribution in [0.25, 0.3) is 0 Å². The van der Waals surface area contributed by atoms with Gasteiger partial charge in [-0.2, -0.15) is 4.98 Å². The lowest BCUT2D eigenvalue weighted by Crippen LogP contribution is -2.39. The molecule has 0 saturated carbocycles. The smallest absolute Gasteiger partial charge is 0.266 e. The van der Waals surface area contributed by atoms with E-state index < -0.39 is 0 Å². The van der Waals surface area contributed by atoms with Crippen molar-refractivity contribution in [1.82, 2.24) is 15.5 Å². The summed E-state index contributed by atoms with van der Waals surface area (Å²) in [6, 6.07) is 9.33. The van der Waals surface area contributed by atoms with Crippen LogP contribution in [0.1, 0.15) is 36.0 Å². The first kappa shape index (κ1) is 15.5. The summed E-state index contributed by atoms with van der Waals surface area (Å²) in [6.45, 7) is 4.51. The first-order chi connectivity index (χ1) is 11.3. The second kappa shape index (κ2) is 7.26. The third-order valence-corrected chi connectivity index (χ3v) is 4.24. The highest BCUT2D eigenvalue weighted by Crippen LogP contribution is 2.20. The van der Waals surface area contributed by atoms with Crippen molar-refractivity contribution < 1.29 is 9.32 Å². The second-order valence-corrected chi connectivity index (χ2v) is 5.85. The summed E-state index contributed by atoms with van der Waals surface area (Å²) in [5.74, 6) is 1.86. The van der Waals surface area contributed by atoms with Crippen LogP contribution in [0.15, 0.2) is 34.9 Å². The lowest BCUT2D eigenvalue weighted by molar-refractivity contribution is 0.0945. The highest BCUT2D eigenvalue weighted by molar-refractivity contribution is 5.94. The number of hydrogen-bond donors (Lipinski definition) is 1. The molecule has 0 spiro atoms. The molecule has 0 unspecified atom stereocenters. The molecule has 1 aliphatic rings. The maximum Gasteiger partial charge on any atom is 0.266 e. The Morgan fingerprint density at radius 3 is 2.70 bits per heavy atom. The Balaban J connectivity index is 1.45. The number of nitrogens with one attached hydrogen (secondary N) is 1. The Bertz CT molecular complexity index is 633. The lowest BCUT2D eigenvalue weighted by Gasteiger charge is -2.30. The number of rotatable bonds is 5. The van der Waals surface area contributed by atoms with Gasteiger partial charge in [0.2, 0.25) is 5.89 Å². The van der Waals surface area contributed by atoms with E-state index in [0.29, 0.717) is 29.9 Å². The molecule has 1 aromatic carbocycles. The molecule has 1 aromatic heterocycles. The van der Waals surface area contributed by atoms with Gasteiger partial charge in [0.1, 0.15) is 0 Å².